The molecular formula is C15H15ClN2O. The molecular weight excluding hydrogens is 260 g/mol. The number of anilines is 3. The molecule has 0 fully saturated rings. The second-order valence-electron chi connectivity index (χ2n) is 4.34. The molecule has 0 bridgehead atoms. The lowest BCUT2D eigenvalue weighted by Gasteiger charge is -2.10. The minimum atomic E-state index is -0.0774. The number of amides is 1. The minimum absolute atomic E-state index is 0.0774. The summed E-state index contributed by atoms with van der Waals surface area (Å²) in [5, 5.41) is 6.72. The highest BCUT2D eigenvalue weighted by atomic mass is 35.5. The molecule has 19 heavy (non-hydrogen) atoms. The fourth-order valence-electron chi connectivity index (χ4n) is 1.72. The summed E-state index contributed by atoms with van der Waals surface area (Å²) in [6.45, 7) is 3.51. The van der Waals surface area contributed by atoms with Crippen molar-refractivity contribution in [3.63, 3.8) is 0 Å². The van der Waals surface area contributed by atoms with Crippen molar-refractivity contribution >= 4 is 34.6 Å². The smallest absolute Gasteiger partial charge is 0.221 e. The van der Waals surface area contributed by atoms with Crippen molar-refractivity contribution in [2.75, 3.05) is 10.6 Å². The molecule has 0 aliphatic carbocycles. The van der Waals surface area contributed by atoms with E-state index in [1.807, 2.05) is 49.4 Å². The molecule has 0 saturated carbocycles. The van der Waals surface area contributed by atoms with Crippen LogP contribution in [0.1, 0.15) is 12.5 Å². The Labute approximate surface area is 117 Å². The predicted molar refractivity (Wildman–Crippen MR) is 80.2 cm³/mol. The molecule has 1 amide bonds. The third-order valence-corrected chi connectivity index (χ3v) is 2.92. The summed E-state index contributed by atoms with van der Waals surface area (Å²) in [7, 11) is 0. The first-order valence-electron chi connectivity index (χ1n) is 5.95. The van der Waals surface area contributed by atoms with Crippen molar-refractivity contribution in [3.8, 4) is 0 Å². The van der Waals surface area contributed by atoms with Gasteiger partial charge in [-0.15, -0.1) is 0 Å². The SMILES string of the molecule is CC(=O)Nc1ccc(Nc2cc(Cl)ccc2C)cc1. The molecule has 0 aliphatic heterocycles. The van der Waals surface area contributed by atoms with Gasteiger partial charge in [0.2, 0.25) is 5.91 Å². The van der Waals surface area contributed by atoms with Gasteiger partial charge >= 0.3 is 0 Å². The quantitative estimate of drug-likeness (QED) is 0.874. The van der Waals surface area contributed by atoms with Crippen LogP contribution in [0, 0.1) is 6.92 Å². The summed E-state index contributed by atoms with van der Waals surface area (Å²) in [6.07, 6.45) is 0. The van der Waals surface area contributed by atoms with E-state index in [-0.39, 0.29) is 5.91 Å². The van der Waals surface area contributed by atoms with Crippen LogP contribution in [-0.2, 0) is 4.79 Å². The Kier molecular flexibility index (Phi) is 4.07. The summed E-state index contributed by atoms with van der Waals surface area (Å²) in [5.74, 6) is -0.0774. The van der Waals surface area contributed by atoms with Crippen molar-refractivity contribution in [2.24, 2.45) is 0 Å². The summed E-state index contributed by atoms with van der Waals surface area (Å²) in [5.41, 5.74) is 3.82. The second-order valence-corrected chi connectivity index (χ2v) is 4.78. The van der Waals surface area contributed by atoms with E-state index in [0.717, 1.165) is 22.6 Å². The topological polar surface area (TPSA) is 41.1 Å². The third-order valence-electron chi connectivity index (χ3n) is 2.68. The number of nitrogens with one attached hydrogen (secondary N) is 2. The summed E-state index contributed by atoms with van der Waals surface area (Å²) in [6, 6.07) is 13.2. The van der Waals surface area contributed by atoms with Crippen molar-refractivity contribution in [3.05, 3.63) is 53.1 Å². The van der Waals surface area contributed by atoms with E-state index in [4.69, 9.17) is 11.6 Å². The Balaban J connectivity index is 2.15. The van der Waals surface area contributed by atoms with Gasteiger partial charge in [-0.25, -0.2) is 0 Å². The second kappa shape index (κ2) is 5.76. The molecule has 3 nitrogen and oxygen atoms in total. The van der Waals surface area contributed by atoms with Gasteiger partial charge in [0.1, 0.15) is 0 Å². The summed E-state index contributed by atoms with van der Waals surface area (Å²) < 4.78 is 0. The van der Waals surface area contributed by atoms with E-state index in [0.29, 0.717) is 5.02 Å². The number of rotatable bonds is 3. The number of carbonyl (C=O) groups excluding carboxylic acids is 1. The molecule has 2 rings (SSSR count). The Morgan fingerprint density at radius 3 is 2.32 bits per heavy atom. The molecule has 2 N–H and O–H groups in total. The molecule has 4 heteroatoms. The van der Waals surface area contributed by atoms with Crippen molar-refractivity contribution in [1.29, 1.82) is 0 Å². The zero-order chi connectivity index (χ0) is 13.8. The van der Waals surface area contributed by atoms with Gasteiger partial charge in [-0.05, 0) is 48.9 Å². The summed E-state index contributed by atoms with van der Waals surface area (Å²) >= 11 is 5.98. The molecule has 2 aromatic rings. The van der Waals surface area contributed by atoms with Gasteiger partial charge in [0, 0.05) is 29.0 Å². The first-order valence-corrected chi connectivity index (χ1v) is 6.33. The average Bonchev–Trinajstić information content (AvgIpc) is 2.35. The maximum atomic E-state index is 10.9. The summed E-state index contributed by atoms with van der Waals surface area (Å²) in [4.78, 5) is 10.9. The van der Waals surface area contributed by atoms with Crippen LogP contribution in [0.15, 0.2) is 42.5 Å². The average molecular weight is 275 g/mol. The van der Waals surface area contributed by atoms with E-state index < -0.39 is 0 Å². The molecule has 0 radical (unpaired) electrons. The van der Waals surface area contributed by atoms with Crippen molar-refractivity contribution < 1.29 is 4.79 Å². The molecule has 0 heterocycles. The van der Waals surface area contributed by atoms with Gasteiger partial charge < -0.3 is 10.6 Å². The number of aryl methyl sites for hydroxylation is 1. The molecule has 0 spiro atoms. The van der Waals surface area contributed by atoms with Crippen LogP contribution in [0.25, 0.3) is 0 Å². The molecule has 0 aromatic heterocycles. The highest BCUT2D eigenvalue weighted by molar-refractivity contribution is 6.30. The van der Waals surface area contributed by atoms with E-state index in [1.165, 1.54) is 6.92 Å². The van der Waals surface area contributed by atoms with Gasteiger partial charge in [-0.2, -0.15) is 0 Å². The molecule has 0 atom stereocenters. The molecule has 0 aliphatic rings. The largest absolute Gasteiger partial charge is 0.355 e. The molecule has 0 unspecified atom stereocenters. The van der Waals surface area contributed by atoms with Crippen LogP contribution in [0.4, 0.5) is 17.1 Å². The van der Waals surface area contributed by atoms with Gasteiger partial charge in [-0.1, -0.05) is 17.7 Å². The molecule has 2 aromatic carbocycles. The van der Waals surface area contributed by atoms with Crippen molar-refractivity contribution in [1.82, 2.24) is 0 Å². The highest BCUT2D eigenvalue weighted by Crippen LogP contribution is 2.24. The lowest BCUT2D eigenvalue weighted by atomic mass is 10.2. The van der Waals surface area contributed by atoms with Crippen LogP contribution < -0.4 is 10.6 Å². The van der Waals surface area contributed by atoms with Gasteiger partial charge in [0.25, 0.3) is 0 Å². The Morgan fingerprint density at radius 2 is 1.68 bits per heavy atom. The van der Waals surface area contributed by atoms with Crippen LogP contribution in [-0.4, -0.2) is 5.91 Å². The third kappa shape index (κ3) is 3.73. The van der Waals surface area contributed by atoms with E-state index in [2.05, 4.69) is 10.6 Å². The lowest BCUT2D eigenvalue weighted by molar-refractivity contribution is -0.114. The normalized spacial score (nSPS) is 10.1. The number of carbonyl (C=O) groups is 1. The van der Waals surface area contributed by atoms with Gasteiger partial charge in [0.15, 0.2) is 0 Å². The maximum Gasteiger partial charge on any atom is 0.221 e. The number of benzene rings is 2. The fourth-order valence-corrected chi connectivity index (χ4v) is 1.90. The Hall–Kier alpha value is -2.00. The van der Waals surface area contributed by atoms with E-state index in [9.17, 15) is 4.79 Å². The van der Waals surface area contributed by atoms with Crippen molar-refractivity contribution in [2.45, 2.75) is 13.8 Å². The standard InChI is InChI=1S/C15H15ClN2O/c1-10-3-4-12(16)9-15(10)18-14-7-5-13(6-8-14)17-11(2)19/h3-9,18H,1-2H3,(H,17,19). The van der Waals surface area contributed by atoms with Gasteiger partial charge in [-0.3, -0.25) is 4.79 Å². The lowest BCUT2D eigenvalue weighted by Crippen LogP contribution is -2.05. The van der Waals surface area contributed by atoms with E-state index in [1.54, 1.807) is 0 Å². The maximum absolute atomic E-state index is 10.9. The molecule has 98 valence electrons. The Bertz CT molecular complexity index is 594. The highest BCUT2D eigenvalue weighted by Gasteiger charge is 2.01. The van der Waals surface area contributed by atoms with E-state index >= 15 is 0 Å². The zero-order valence-electron chi connectivity index (χ0n) is 10.8. The first-order chi connectivity index (χ1) is 9.04. The fraction of sp³-hybridized carbons (Fsp3) is 0.133. The number of hydrogen-bond donors (Lipinski definition) is 2. The first kappa shape index (κ1) is 13.4. The van der Waals surface area contributed by atoms with Crippen LogP contribution in [0.5, 0.6) is 0 Å². The van der Waals surface area contributed by atoms with Crippen LogP contribution in [0.3, 0.4) is 0 Å². The number of hydrogen-bond acceptors (Lipinski definition) is 2. The Morgan fingerprint density at radius 1 is 1.05 bits per heavy atom. The minimum Gasteiger partial charge on any atom is -0.355 e. The van der Waals surface area contributed by atoms with Crippen LogP contribution >= 0.6 is 11.6 Å². The van der Waals surface area contributed by atoms with Crippen LogP contribution in [0.2, 0.25) is 5.02 Å². The van der Waals surface area contributed by atoms with Gasteiger partial charge in [0.05, 0.1) is 0 Å². The zero-order valence-corrected chi connectivity index (χ0v) is 11.6. The predicted octanol–water partition coefficient (Wildman–Crippen LogP) is 4.35. The number of halogens is 1. The molecule has 0 saturated heterocycles. The monoisotopic (exact) mass is 274 g/mol.